The summed E-state index contributed by atoms with van der Waals surface area (Å²) in [6.45, 7) is 1.53. The molecular weight excluding hydrogens is 289 g/mol. The number of hydrogen-bond donors (Lipinski definition) is 3. The quantitative estimate of drug-likeness (QED) is 0.718. The maximum Gasteiger partial charge on any atom is 0.263 e. The first-order chi connectivity index (χ1) is 10.1. The minimum atomic E-state index is -0.342. The first-order valence-corrected chi connectivity index (χ1v) is 7.96. The number of benzene rings is 1. The van der Waals surface area contributed by atoms with E-state index in [-0.39, 0.29) is 11.7 Å². The van der Waals surface area contributed by atoms with E-state index in [9.17, 15) is 9.18 Å². The Morgan fingerprint density at radius 2 is 2.19 bits per heavy atom. The fourth-order valence-electron chi connectivity index (χ4n) is 2.22. The van der Waals surface area contributed by atoms with E-state index < -0.39 is 0 Å². The molecule has 0 radical (unpaired) electrons. The molecule has 0 atom stereocenters. The van der Waals surface area contributed by atoms with Gasteiger partial charge in [0.2, 0.25) is 0 Å². The third kappa shape index (κ3) is 3.33. The molecule has 0 unspecified atom stereocenters. The van der Waals surface area contributed by atoms with Crippen molar-refractivity contribution in [2.75, 3.05) is 18.8 Å². The lowest BCUT2D eigenvalue weighted by Gasteiger charge is -2.05. The van der Waals surface area contributed by atoms with Gasteiger partial charge < -0.3 is 16.4 Å². The summed E-state index contributed by atoms with van der Waals surface area (Å²) in [5, 5.41) is 6.87. The Balaban J connectivity index is 1.59. The van der Waals surface area contributed by atoms with Crippen LogP contribution in [0.15, 0.2) is 18.2 Å². The number of rotatable bonds is 6. The number of nitrogens with two attached hydrogens (primary N) is 1. The van der Waals surface area contributed by atoms with Crippen LogP contribution < -0.4 is 16.4 Å². The standard InChI is InChI=1S/C15H18FN3OS/c16-9-2-5-12-11(8-9)13(17)14(21-12)15(20)19-7-1-6-18-10-3-4-10/h2,5,8,10,18H,1,3-4,6-7,17H2,(H,19,20). The van der Waals surface area contributed by atoms with Crippen LogP contribution in [0.25, 0.3) is 10.1 Å². The number of amides is 1. The highest BCUT2D eigenvalue weighted by molar-refractivity contribution is 7.21. The minimum Gasteiger partial charge on any atom is -0.397 e. The van der Waals surface area contributed by atoms with Crippen molar-refractivity contribution in [2.24, 2.45) is 0 Å². The second kappa shape index (κ2) is 5.99. The third-order valence-corrected chi connectivity index (χ3v) is 4.73. The normalized spacial score (nSPS) is 14.5. The van der Waals surface area contributed by atoms with Gasteiger partial charge >= 0.3 is 0 Å². The van der Waals surface area contributed by atoms with E-state index in [4.69, 9.17) is 5.73 Å². The molecule has 4 nitrogen and oxygen atoms in total. The van der Waals surface area contributed by atoms with Gasteiger partial charge in [-0.2, -0.15) is 0 Å². The van der Waals surface area contributed by atoms with E-state index >= 15 is 0 Å². The first kappa shape index (κ1) is 14.3. The van der Waals surface area contributed by atoms with Crippen LogP contribution in [0.5, 0.6) is 0 Å². The summed E-state index contributed by atoms with van der Waals surface area (Å²) < 4.78 is 14.1. The number of anilines is 1. The molecule has 0 aliphatic heterocycles. The maximum atomic E-state index is 13.2. The lowest BCUT2D eigenvalue weighted by Crippen LogP contribution is -2.27. The van der Waals surface area contributed by atoms with Gasteiger partial charge in [0.1, 0.15) is 10.7 Å². The average Bonchev–Trinajstić information content (AvgIpc) is 3.23. The predicted octanol–water partition coefficient (Wildman–Crippen LogP) is 2.49. The molecule has 6 heteroatoms. The highest BCUT2D eigenvalue weighted by Crippen LogP contribution is 2.33. The SMILES string of the molecule is Nc1c(C(=O)NCCCNC2CC2)sc2ccc(F)cc12. The van der Waals surface area contributed by atoms with Crippen molar-refractivity contribution in [1.82, 2.24) is 10.6 Å². The molecule has 0 saturated heterocycles. The van der Waals surface area contributed by atoms with Crippen LogP contribution in [0.3, 0.4) is 0 Å². The predicted molar refractivity (Wildman–Crippen MR) is 84.2 cm³/mol. The van der Waals surface area contributed by atoms with Crippen molar-refractivity contribution in [3.8, 4) is 0 Å². The van der Waals surface area contributed by atoms with Crippen LogP contribution >= 0.6 is 11.3 Å². The van der Waals surface area contributed by atoms with Crippen LogP contribution in [0.1, 0.15) is 28.9 Å². The summed E-state index contributed by atoms with van der Waals surface area (Å²) in [5.41, 5.74) is 6.32. The van der Waals surface area contributed by atoms with Crippen LogP contribution in [0.2, 0.25) is 0 Å². The molecule has 4 N–H and O–H groups in total. The zero-order chi connectivity index (χ0) is 14.8. The number of fused-ring (bicyclic) bond motifs is 1. The lowest BCUT2D eigenvalue weighted by atomic mass is 10.2. The van der Waals surface area contributed by atoms with Crippen LogP contribution in [0.4, 0.5) is 10.1 Å². The molecule has 0 spiro atoms. The Morgan fingerprint density at radius 1 is 1.38 bits per heavy atom. The van der Waals surface area contributed by atoms with Gasteiger partial charge in [-0.05, 0) is 44.0 Å². The van der Waals surface area contributed by atoms with Crippen molar-refractivity contribution >= 4 is 33.0 Å². The van der Waals surface area contributed by atoms with Gasteiger partial charge in [0.15, 0.2) is 0 Å². The Morgan fingerprint density at radius 3 is 2.95 bits per heavy atom. The topological polar surface area (TPSA) is 67.2 Å². The van der Waals surface area contributed by atoms with E-state index in [0.717, 1.165) is 17.7 Å². The van der Waals surface area contributed by atoms with Crippen LogP contribution in [-0.2, 0) is 0 Å². The van der Waals surface area contributed by atoms with E-state index in [1.54, 1.807) is 6.07 Å². The van der Waals surface area contributed by atoms with Crippen LogP contribution in [-0.4, -0.2) is 25.0 Å². The lowest BCUT2D eigenvalue weighted by molar-refractivity contribution is 0.0958. The van der Waals surface area contributed by atoms with E-state index in [1.165, 1.54) is 36.3 Å². The first-order valence-electron chi connectivity index (χ1n) is 7.14. The number of carbonyl (C=O) groups is 1. The van der Waals surface area contributed by atoms with E-state index in [2.05, 4.69) is 10.6 Å². The molecular formula is C15H18FN3OS. The van der Waals surface area contributed by atoms with Crippen molar-refractivity contribution in [3.63, 3.8) is 0 Å². The number of carbonyl (C=O) groups excluding carboxylic acids is 1. The Kier molecular flexibility index (Phi) is 4.07. The number of nitrogen functional groups attached to an aromatic ring is 1. The molecule has 1 amide bonds. The summed E-state index contributed by atoms with van der Waals surface area (Å²) in [4.78, 5) is 12.6. The van der Waals surface area contributed by atoms with Crippen molar-refractivity contribution in [2.45, 2.75) is 25.3 Å². The van der Waals surface area contributed by atoms with Gasteiger partial charge in [0, 0.05) is 22.7 Å². The monoisotopic (exact) mass is 307 g/mol. The Labute approximate surface area is 126 Å². The highest BCUT2D eigenvalue weighted by atomic mass is 32.1. The molecule has 1 aromatic carbocycles. The molecule has 1 saturated carbocycles. The Bertz CT molecular complexity index is 666. The summed E-state index contributed by atoms with van der Waals surface area (Å²) in [5.74, 6) is -0.523. The molecule has 0 bridgehead atoms. The van der Waals surface area contributed by atoms with E-state index in [0.29, 0.717) is 28.5 Å². The molecule has 1 aliphatic rings. The Hall–Kier alpha value is -1.66. The van der Waals surface area contributed by atoms with Crippen molar-refractivity contribution in [1.29, 1.82) is 0 Å². The molecule has 112 valence electrons. The fourth-order valence-corrected chi connectivity index (χ4v) is 3.24. The summed E-state index contributed by atoms with van der Waals surface area (Å²) in [7, 11) is 0. The second-order valence-electron chi connectivity index (χ2n) is 5.32. The fraction of sp³-hybridized carbons (Fsp3) is 0.400. The molecule has 21 heavy (non-hydrogen) atoms. The third-order valence-electron chi connectivity index (χ3n) is 3.54. The highest BCUT2D eigenvalue weighted by Gasteiger charge is 2.20. The number of hydrogen-bond acceptors (Lipinski definition) is 4. The molecule has 1 fully saturated rings. The average molecular weight is 307 g/mol. The van der Waals surface area contributed by atoms with Gasteiger partial charge in [-0.3, -0.25) is 4.79 Å². The van der Waals surface area contributed by atoms with Gasteiger partial charge in [0.25, 0.3) is 5.91 Å². The maximum absolute atomic E-state index is 13.2. The van der Waals surface area contributed by atoms with Crippen molar-refractivity contribution in [3.05, 3.63) is 28.9 Å². The smallest absolute Gasteiger partial charge is 0.263 e. The summed E-state index contributed by atoms with van der Waals surface area (Å²) in [6.07, 6.45) is 3.42. The second-order valence-corrected chi connectivity index (χ2v) is 6.38. The molecule has 1 aromatic heterocycles. The summed E-state index contributed by atoms with van der Waals surface area (Å²) >= 11 is 1.30. The van der Waals surface area contributed by atoms with Crippen LogP contribution in [0, 0.1) is 5.82 Å². The van der Waals surface area contributed by atoms with Crippen molar-refractivity contribution < 1.29 is 9.18 Å². The molecule has 2 aromatic rings. The van der Waals surface area contributed by atoms with E-state index in [1.807, 2.05) is 0 Å². The zero-order valence-electron chi connectivity index (χ0n) is 11.6. The number of thiophene rings is 1. The van der Waals surface area contributed by atoms with Gasteiger partial charge in [-0.25, -0.2) is 4.39 Å². The van der Waals surface area contributed by atoms with Gasteiger partial charge in [-0.1, -0.05) is 0 Å². The molecule has 1 aliphatic carbocycles. The summed E-state index contributed by atoms with van der Waals surface area (Å²) in [6, 6.07) is 5.09. The number of halogens is 1. The molecule has 3 rings (SSSR count). The zero-order valence-corrected chi connectivity index (χ0v) is 12.4. The minimum absolute atomic E-state index is 0.180. The van der Waals surface area contributed by atoms with Gasteiger partial charge in [0.05, 0.1) is 5.69 Å². The number of nitrogens with one attached hydrogen (secondary N) is 2. The molecule has 1 heterocycles. The largest absolute Gasteiger partial charge is 0.397 e. The van der Waals surface area contributed by atoms with Gasteiger partial charge in [-0.15, -0.1) is 11.3 Å².